The van der Waals surface area contributed by atoms with Gasteiger partial charge in [0.05, 0.1) is 17.5 Å². The van der Waals surface area contributed by atoms with E-state index in [4.69, 9.17) is 5.73 Å². The Labute approximate surface area is 121 Å². The van der Waals surface area contributed by atoms with Crippen LogP contribution in [0.25, 0.3) is 22.6 Å². The number of thioether (sulfide) groups is 1. The standard InChI is InChI=1S/C15H14N4S/c1-20-11-6-4-10(5-7-11)13-9-18-15(19-13)12-3-2-8-17-14(12)16/h2-9H,1H3,(H2,16,17)(H,18,19). The molecular formula is C15H14N4S. The summed E-state index contributed by atoms with van der Waals surface area (Å²) in [4.78, 5) is 13.0. The van der Waals surface area contributed by atoms with E-state index in [9.17, 15) is 0 Å². The fraction of sp³-hybridized carbons (Fsp3) is 0.0667. The quantitative estimate of drug-likeness (QED) is 0.722. The van der Waals surface area contributed by atoms with Gasteiger partial charge in [-0.15, -0.1) is 11.8 Å². The number of aromatic nitrogens is 3. The summed E-state index contributed by atoms with van der Waals surface area (Å²) in [5.41, 5.74) is 8.75. The van der Waals surface area contributed by atoms with Crippen LogP contribution < -0.4 is 5.73 Å². The van der Waals surface area contributed by atoms with Gasteiger partial charge in [-0.05, 0) is 36.1 Å². The van der Waals surface area contributed by atoms with Gasteiger partial charge in [-0.2, -0.15) is 0 Å². The molecule has 0 fully saturated rings. The van der Waals surface area contributed by atoms with E-state index in [1.807, 2.05) is 18.3 Å². The minimum atomic E-state index is 0.478. The highest BCUT2D eigenvalue weighted by atomic mass is 32.2. The first kappa shape index (κ1) is 12.7. The number of nitrogens with two attached hydrogens (primary N) is 1. The number of anilines is 1. The molecule has 5 heteroatoms. The molecule has 0 saturated carbocycles. The number of nitrogens with zero attached hydrogens (tertiary/aromatic N) is 2. The van der Waals surface area contributed by atoms with Crippen molar-refractivity contribution in [1.82, 2.24) is 15.0 Å². The van der Waals surface area contributed by atoms with Crippen LogP contribution in [0.5, 0.6) is 0 Å². The van der Waals surface area contributed by atoms with E-state index >= 15 is 0 Å². The summed E-state index contributed by atoms with van der Waals surface area (Å²) in [6, 6.07) is 12.1. The first-order chi connectivity index (χ1) is 9.78. The highest BCUT2D eigenvalue weighted by Crippen LogP contribution is 2.26. The second-order valence-corrected chi connectivity index (χ2v) is 5.19. The van der Waals surface area contributed by atoms with Gasteiger partial charge in [-0.3, -0.25) is 0 Å². The number of nitrogen functional groups attached to an aromatic ring is 1. The largest absolute Gasteiger partial charge is 0.383 e. The third-order valence-electron chi connectivity index (χ3n) is 3.07. The summed E-state index contributed by atoms with van der Waals surface area (Å²) in [5, 5.41) is 0. The fourth-order valence-corrected chi connectivity index (χ4v) is 2.40. The molecule has 0 spiro atoms. The topological polar surface area (TPSA) is 67.6 Å². The van der Waals surface area contributed by atoms with Crippen LogP contribution in [-0.4, -0.2) is 21.2 Å². The van der Waals surface area contributed by atoms with Crippen molar-refractivity contribution in [3.63, 3.8) is 0 Å². The maximum absolute atomic E-state index is 5.86. The average molecular weight is 282 g/mol. The molecule has 0 aliphatic carbocycles. The molecule has 0 radical (unpaired) electrons. The highest BCUT2D eigenvalue weighted by Gasteiger charge is 2.08. The normalized spacial score (nSPS) is 10.7. The summed E-state index contributed by atoms with van der Waals surface area (Å²) >= 11 is 1.73. The van der Waals surface area contributed by atoms with Crippen LogP contribution in [0.3, 0.4) is 0 Å². The summed E-state index contributed by atoms with van der Waals surface area (Å²) < 4.78 is 0. The second-order valence-electron chi connectivity index (χ2n) is 4.31. The lowest BCUT2D eigenvalue weighted by atomic mass is 10.2. The second kappa shape index (κ2) is 5.38. The van der Waals surface area contributed by atoms with Crippen molar-refractivity contribution in [2.24, 2.45) is 0 Å². The lowest BCUT2D eigenvalue weighted by molar-refractivity contribution is 1.27. The Balaban J connectivity index is 1.95. The van der Waals surface area contributed by atoms with Crippen molar-refractivity contribution in [1.29, 1.82) is 0 Å². The number of imidazole rings is 1. The summed E-state index contributed by atoms with van der Waals surface area (Å²) in [5.74, 6) is 1.21. The predicted molar refractivity (Wildman–Crippen MR) is 83.4 cm³/mol. The van der Waals surface area contributed by atoms with Gasteiger partial charge in [-0.25, -0.2) is 9.97 Å². The molecule has 4 nitrogen and oxygen atoms in total. The van der Waals surface area contributed by atoms with Crippen LogP contribution in [-0.2, 0) is 0 Å². The van der Waals surface area contributed by atoms with Gasteiger partial charge in [0, 0.05) is 11.1 Å². The van der Waals surface area contributed by atoms with Crippen LogP contribution in [0, 0.1) is 0 Å². The Bertz CT molecular complexity index is 719. The number of hydrogen-bond acceptors (Lipinski definition) is 4. The lowest BCUT2D eigenvalue weighted by Crippen LogP contribution is -1.93. The Morgan fingerprint density at radius 3 is 2.60 bits per heavy atom. The Kier molecular flexibility index (Phi) is 3.43. The highest BCUT2D eigenvalue weighted by molar-refractivity contribution is 7.98. The van der Waals surface area contributed by atoms with E-state index in [1.165, 1.54) is 4.90 Å². The van der Waals surface area contributed by atoms with Crippen LogP contribution in [0.4, 0.5) is 5.82 Å². The lowest BCUT2D eigenvalue weighted by Gasteiger charge is -2.01. The number of benzene rings is 1. The first-order valence-electron chi connectivity index (χ1n) is 6.18. The third-order valence-corrected chi connectivity index (χ3v) is 3.81. The molecule has 0 atom stereocenters. The molecule has 0 saturated heterocycles. The van der Waals surface area contributed by atoms with E-state index in [-0.39, 0.29) is 0 Å². The van der Waals surface area contributed by atoms with Gasteiger partial charge in [0.2, 0.25) is 0 Å². The number of nitrogens with one attached hydrogen (secondary N) is 1. The molecule has 20 heavy (non-hydrogen) atoms. The molecule has 3 rings (SSSR count). The maximum Gasteiger partial charge on any atom is 0.141 e. The number of hydrogen-bond donors (Lipinski definition) is 2. The maximum atomic E-state index is 5.86. The number of aromatic amines is 1. The molecular weight excluding hydrogens is 268 g/mol. The van der Waals surface area contributed by atoms with Crippen molar-refractivity contribution < 1.29 is 0 Å². The molecule has 2 heterocycles. The van der Waals surface area contributed by atoms with Crippen LogP contribution in [0.15, 0.2) is 53.7 Å². The Hall–Kier alpha value is -2.27. The predicted octanol–water partition coefficient (Wildman–Crippen LogP) is 3.44. The van der Waals surface area contributed by atoms with Crippen molar-refractivity contribution in [2.45, 2.75) is 4.90 Å². The van der Waals surface area contributed by atoms with E-state index in [1.54, 1.807) is 18.0 Å². The van der Waals surface area contributed by atoms with Crippen molar-refractivity contribution >= 4 is 17.6 Å². The van der Waals surface area contributed by atoms with Gasteiger partial charge < -0.3 is 10.7 Å². The molecule has 0 aliphatic heterocycles. The number of H-pyrrole nitrogens is 1. The van der Waals surface area contributed by atoms with Crippen molar-refractivity contribution in [2.75, 3.05) is 12.0 Å². The molecule has 1 aromatic carbocycles. The monoisotopic (exact) mass is 282 g/mol. The molecule has 0 amide bonds. The molecule has 3 aromatic rings. The minimum Gasteiger partial charge on any atom is -0.383 e. The van der Waals surface area contributed by atoms with Crippen LogP contribution in [0.1, 0.15) is 0 Å². The molecule has 100 valence electrons. The van der Waals surface area contributed by atoms with E-state index in [2.05, 4.69) is 45.5 Å². The summed E-state index contributed by atoms with van der Waals surface area (Å²) in [6.07, 6.45) is 5.55. The van der Waals surface area contributed by atoms with E-state index < -0.39 is 0 Å². The van der Waals surface area contributed by atoms with Gasteiger partial charge >= 0.3 is 0 Å². The SMILES string of the molecule is CSc1ccc(-c2cnc(-c3cccnc3N)[nH]2)cc1. The average Bonchev–Trinajstić information content (AvgIpc) is 2.97. The zero-order chi connectivity index (χ0) is 13.9. The smallest absolute Gasteiger partial charge is 0.141 e. The van der Waals surface area contributed by atoms with E-state index in [0.717, 1.165) is 22.6 Å². The van der Waals surface area contributed by atoms with Crippen molar-refractivity contribution in [3.05, 3.63) is 48.8 Å². The zero-order valence-corrected chi connectivity index (χ0v) is 11.8. The fourth-order valence-electron chi connectivity index (χ4n) is 1.99. The van der Waals surface area contributed by atoms with Gasteiger partial charge in [0.25, 0.3) is 0 Å². The molecule has 0 aliphatic rings. The molecule has 0 unspecified atom stereocenters. The summed E-state index contributed by atoms with van der Waals surface area (Å²) in [6.45, 7) is 0. The summed E-state index contributed by atoms with van der Waals surface area (Å²) in [7, 11) is 0. The molecule has 0 bridgehead atoms. The Morgan fingerprint density at radius 2 is 1.90 bits per heavy atom. The van der Waals surface area contributed by atoms with Crippen LogP contribution in [0.2, 0.25) is 0 Å². The van der Waals surface area contributed by atoms with Crippen LogP contribution >= 0.6 is 11.8 Å². The van der Waals surface area contributed by atoms with Gasteiger partial charge in [-0.1, -0.05) is 12.1 Å². The third kappa shape index (κ3) is 2.40. The number of pyridine rings is 1. The number of rotatable bonds is 3. The molecule has 2 aromatic heterocycles. The van der Waals surface area contributed by atoms with Gasteiger partial charge in [0.15, 0.2) is 0 Å². The first-order valence-corrected chi connectivity index (χ1v) is 7.40. The van der Waals surface area contributed by atoms with Gasteiger partial charge in [0.1, 0.15) is 11.6 Å². The van der Waals surface area contributed by atoms with Crippen molar-refractivity contribution in [3.8, 4) is 22.6 Å². The molecule has 3 N–H and O–H groups in total. The minimum absolute atomic E-state index is 0.478. The van der Waals surface area contributed by atoms with E-state index in [0.29, 0.717) is 5.82 Å². The Morgan fingerprint density at radius 1 is 1.10 bits per heavy atom. The zero-order valence-electron chi connectivity index (χ0n) is 11.0.